The largest absolute Gasteiger partial charge is 0.481 e. The number of benzene rings is 1. The Morgan fingerprint density at radius 2 is 2.11 bits per heavy atom. The van der Waals surface area contributed by atoms with Crippen LogP contribution in [0.25, 0.3) is 0 Å². The SMILES string of the molecule is Cc1cccc(OC(C)C(=O)NC(C)(C)CN)c1.Cl. The van der Waals surface area contributed by atoms with Crippen LogP contribution in [-0.4, -0.2) is 24.1 Å². The van der Waals surface area contributed by atoms with Crippen molar-refractivity contribution in [2.24, 2.45) is 5.73 Å². The molecule has 0 bridgehead atoms. The van der Waals surface area contributed by atoms with Gasteiger partial charge in [-0.3, -0.25) is 4.79 Å². The van der Waals surface area contributed by atoms with Crippen LogP contribution in [0.1, 0.15) is 26.3 Å². The Morgan fingerprint density at radius 1 is 1.47 bits per heavy atom. The van der Waals surface area contributed by atoms with Crippen molar-refractivity contribution < 1.29 is 9.53 Å². The smallest absolute Gasteiger partial charge is 0.261 e. The maximum absolute atomic E-state index is 11.9. The van der Waals surface area contributed by atoms with Crippen LogP contribution in [0, 0.1) is 6.92 Å². The lowest BCUT2D eigenvalue weighted by molar-refractivity contribution is -0.128. The van der Waals surface area contributed by atoms with E-state index >= 15 is 0 Å². The summed E-state index contributed by atoms with van der Waals surface area (Å²) in [6, 6.07) is 7.62. The topological polar surface area (TPSA) is 64.3 Å². The van der Waals surface area contributed by atoms with Crippen LogP contribution in [0.4, 0.5) is 0 Å². The molecule has 0 aliphatic heterocycles. The molecule has 108 valence electrons. The molecule has 0 saturated carbocycles. The minimum Gasteiger partial charge on any atom is -0.481 e. The normalized spacial score (nSPS) is 12.3. The van der Waals surface area contributed by atoms with Crippen LogP contribution in [-0.2, 0) is 4.79 Å². The Hall–Kier alpha value is -1.26. The molecule has 0 aliphatic rings. The van der Waals surface area contributed by atoms with Crippen molar-refractivity contribution in [3.8, 4) is 5.75 Å². The molecule has 3 N–H and O–H groups in total. The Bertz CT molecular complexity index is 422. The van der Waals surface area contributed by atoms with E-state index in [0.717, 1.165) is 5.56 Å². The average Bonchev–Trinajstić information content (AvgIpc) is 2.28. The third-order valence-electron chi connectivity index (χ3n) is 2.64. The number of amides is 1. The van der Waals surface area contributed by atoms with Crippen molar-refractivity contribution in [2.75, 3.05) is 6.54 Å². The first-order valence-electron chi connectivity index (χ1n) is 6.09. The highest BCUT2D eigenvalue weighted by Gasteiger charge is 2.23. The molecule has 1 aromatic rings. The number of halogens is 1. The predicted molar refractivity (Wildman–Crippen MR) is 79.8 cm³/mol. The number of hydrogen-bond donors (Lipinski definition) is 2. The zero-order chi connectivity index (χ0) is 13.8. The van der Waals surface area contributed by atoms with Crippen LogP contribution in [0.3, 0.4) is 0 Å². The highest BCUT2D eigenvalue weighted by atomic mass is 35.5. The molecule has 4 nitrogen and oxygen atoms in total. The summed E-state index contributed by atoms with van der Waals surface area (Å²) in [6.45, 7) is 7.85. The average molecular weight is 287 g/mol. The molecule has 0 radical (unpaired) electrons. The predicted octanol–water partition coefficient (Wildman–Crippen LogP) is 2.04. The third-order valence-corrected chi connectivity index (χ3v) is 2.64. The molecule has 0 heterocycles. The van der Waals surface area contributed by atoms with Crippen molar-refractivity contribution in [1.29, 1.82) is 0 Å². The summed E-state index contributed by atoms with van der Waals surface area (Å²) >= 11 is 0. The fraction of sp³-hybridized carbons (Fsp3) is 0.500. The van der Waals surface area contributed by atoms with Crippen molar-refractivity contribution in [3.63, 3.8) is 0 Å². The molecule has 1 rings (SSSR count). The first-order chi connectivity index (χ1) is 8.34. The molecule has 1 atom stereocenters. The summed E-state index contributed by atoms with van der Waals surface area (Å²) in [6.07, 6.45) is -0.544. The van der Waals surface area contributed by atoms with Gasteiger partial charge in [0.25, 0.3) is 5.91 Å². The van der Waals surface area contributed by atoms with Crippen LogP contribution in [0.15, 0.2) is 24.3 Å². The molecule has 5 heteroatoms. The van der Waals surface area contributed by atoms with E-state index in [4.69, 9.17) is 10.5 Å². The lowest BCUT2D eigenvalue weighted by Crippen LogP contribution is -2.52. The summed E-state index contributed by atoms with van der Waals surface area (Å²) in [5.41, 5.74) is 6.26. The van der Waals surface area contributed by atoms with Crippen molar-refractivity contribution in [3.05, 3.63) is 29.8 Å². The molecular weight excluding hydrogens is 264 g/mol. The zero-order valence-electron chi connectivity index (χ0n) is 11.9. The van der Waals surface area contributed by atoms with Gasteiger partial charge >= 0.3 is 0 Å². The van der Waals surface area contributed by atoms with Gasteiger partial charge < -0.3 is 15.8 Å². The second-order valence-electron chi connectivity index (χ2n) is 5.15. The van der Waals surface area contributed by atoms with Crippen LogP contribution < -0.4 is 15.8 Å². The lowest BCUT2D eigenvalue weighted by atomic mass is 10.1. The highest BCUT2D eigenvalue weighted by Crippen LogP contribution is 2.14. The Labute approximate surface area is 121 Å². The van der Waals surface area contributed by atoms with E-state index in [0.29, 0.717) is 12.3 Å². The van der Waals surface area contributed by atoms with Gasteiger partial charge in [0.2, 0.25) is 0 Å². The van der Waals surface area contributed by atoms with Crippen LogP contribution in [0.5, 0.6) is 5.75 Å². The van der Waals surface area contributed by atoms with Gasteiger partial charge in [0.1, 0.15) is 5.75 Å². The molecule has 19 heavy (non-hydrogen) atoms. The van der Waals surface area contributed by atoms with E-state index in [2.05, 4.69) is 5.32 Å². The summed E-state index contributed by atoms with van der Waals surface area (Å²) in [7, 11) is 0. The number of rotatable bonds is 5. The fourth-order valence-corrected chi connectivity index (χ4v) is 1.43. The van der Waals surface area contributed by atoms with Gasteiger partial charge in [-0.1, -0.05) is 12.1 Å². The monoisotopic (exact) mass is 286 g/mol. The Morgan fingerprint density at radius 3 is 2.63 bits per heavy atom. The van der Waals surface area contributed by atoms with E-state index in [1.807, 2.05) is 45.0 Å². The summed E-state index contributed by atoms with van der Waals surface area (Å²) < 4.78 is 5.59. The fourth-order valence-electron chi connectivity index (χ4n) is 1.43. The number of nitrogens with one attached hydrogen (secondary N) is 1. The van der Waals surface area contributed by atoms with E-state index in [1.54, 1.807) is 6.92 Å². The summed E-state index contributed by atoms with van der Waals surface area (Å²) in [4.78, 5) is 11.9. The van der Waals surface area contributed by atoms with E-state index in [1.165, 1.54) is 0 Å². The molecule has 0 spiro atoms. The molecule has 0 saturated heterocycles. The number of hydrogen-bond acceptors (Lipinski definition) is 3. The lowest BCUT2D eigenvalue weighted by Gasteiger charge is -2.26. The van der Waals surface area contributed by atoms with Crippen molar-refractivity contribution >= 4 is 18.3 Å². The van der Waals surface area contributed by atoms with E-state index in [9.17, 15) is 4.79 Å². The minimum absolute atomic E-state index is 0. The van der Waals surface area contributed by atoms with Crippen molar-refractivity contribution in [2.45, 2.75) is 39.3 Å². The van der Waals surface area contributed by atoms with Gasteiger partial charge in [0.05, 0.1) is 0 Å². The molecule has 0 aliphatic carbocycles. The van der Waals surface area contributed by atoms with Crippen LogP contribution in [0.2, 0.25) is 0 Å². The van der Waals surface area contributed by atoms with Gasteiger partial charge in [-0.2, -0.15) is 0 Å². The molecule has 0 fully saturated rings. The maximum atomic E-state index is 11.9. The van der Waals surface area contributed by atoms with Crippen LogP contribution >= 0.6 is 12.4 Å². The molecule has 1 unspecified atom stereocenters. The number of carbonyl (C=O) groups is 1. The standard InChI is InChI=1S/C14H22N2O2.ClH/c1-10-6-5-7-12(8-10)18-11(2)13(17)16-14(3,4)9-15;/h5-8,11H,9,15H2,1-4H3,(H,16,17);1H. The van der Waals surface area contributed by atoms with Gasteiger partial charge in [-0.25, -0.2) is 0 Å². The Balaban J connectivity index is 0.00000324. The first-order valence-corrected chi connectivity index (χ1v) is 6.09. The third kappa shape index (κ3) is 5.94. The summed E-state index contributed by atoms with van der Waals surface area (Å²) in [5.74, 6) is 0.537. The van der Waals surface area contributed by atoms with Gasteiger partial charge in [-0.15, -0.1) is 12.4 Å². The minimum atomic E-state index is -0.544. The zero-order valence-corrected chi connectivity index (χ0v) is 12.7. The molecular formula is C14H23ClN2O2. The maximum Gasteiger partial charge on any atom is 0.261 e. The molecule has 0 aromatic heterocycles. The van der Waals surface area contributed by atoms with E-state index in [-0.39, 0.29) is 18.3 Å². The van der Waals surface area contributed by atoms with Gasteiger partial charge in [-0.05, 0) is 45.4 Å². The van der Waals surface area contributed by atoms with Crippen molar-refractivity contribution in [1.82, 2.24) is 5.32 Å². The molecule has 1 amide bonds. The number of nitrogens with two attached hydrogens (primary N) is 1. The second kappa shape index (κ2) is 7.36. The number of ether oxygens (including phenoxy) is 1. The van der Waals surface area contributed by atoms with Gasteiger partial charge in [0.15, 0.2) is 6.10 Å². The highest BCUT2D eigenvalue weighted by molar-refractivity contribution is 5.85. The second-order valence-corrected chi connectivity index (χ2v) is 5.15. The van der Waals surface area contributed by atoms with E-state index < -0.39 is 11.6 Å². The summed E-state index contributed by atoms with van der Waals surface area (Å²) in [5, 5.41) is 2.85. The molecule has 1 aromatic carbocycles. The first kappa shape index (κ1) is 17.7. The quantitative estimate of drug-likeness (QED) is 0.871. The van der Waals surface area contributed by atoms with Gasteiger partial charge in [0, 0.05) is 12.1 Å². The number of aryl methyl sites for hydroxylation is 1. The number of carbonyl (C=O) groups excluding carboxylic acids is 1. The Kier molecular flexibility index (Phi) is 6.87.